The Labute approximate surface area is 186 Å². The predicted molar refractivity (Wildman–Crippen MR) is 122 cm³/mol. The number of anilines is 1. The van der Waals surface area contributed by atoms with E-state index in [1.807, 2.05) is 19.1 Å². The van der Waals surface area contributed by atoms with Crippen LogP contribution < -0.4 is 10.5 Å². The molecule has 2 N–H and O–H groups in total. The van der Waals surface area contributed by atoms with Gasteiger partial charge >= 0.3 is 0 Å². The van der Waals surface area contributed by atoms with Crippen molar-refractivity contribution in [1.82, 2.24) is 14.9 Å². The van der Waals surface area contributed by atoms with Gasteiger partial charge < -0.3 is 10.5 Å². The predicted octanol–water partition coefficient (Wildman–Crippen LogP) is 5.77. The summed E-state index contributed by atoms with van der Waals surface area (Å²) in [6.07, 6.45) is 3.79. The molecule has 2 aromatic carbocycles. The number of rotatable bonds is 6. The number of hydrogen-bond donors (Lipinski definition) is 1. The summed E-state index contributed by atoms with van der Waals surface area (Å²) in [7, 11) is 0. The molecule has 2 heterocycles. The average Bonchev–Trinajstić information content (AvgIpc) is 3.23. The van der Waals surface area contributed by atoms with Crippen molar-refractivity contribution < 1.29 is 4.74 Å². The molecular formula is C23H24Cl2N4O. The van der Waals surface area contributed by atoms with E-state index in [4.69, 9.17) is 33.7 Å². The topological polar surface area (TPSA) is 64.3 Å². The fourth-order valence-electron chi connectivity index (χ4n) is 3.76. The molecule has 1 aliphatic heterocycles. The van der Waals surface area contributed by atoms with Gasteiger partial charge in [-0.25, -0.2) is 9.97 Å². The van der Waals surface area contributed by atoms with E-state index in [-0.39, 0.29) is 11.7 Å². The van der Waals surface area contributed by atoms with Gasteiger partial charge in [0.15, 0.2) is 5.82 Å². The third-order valence-electron chi connectivity index (χ3n) is 5.29. The molecule has 0 radical (unpaired) electrons. The zero-order chi connectivity index (χ0) is 21.1. The summed E-state index contributed by atoms with van der Waals surface area (Å²) < 4.78 is 6.02. The van der Waals surface area contributed by atoms with E-state index in [1.165, 1.54) is 18.4 Å². The van der Waals surface area contributed by atoms with Crippen LogP contribution in [-0.2, 0) is 6.54 Å². The number of likely N-dealkylation sites (tertiary alicyclic amines) is 1. The second kappa shape index (κ2) is 9.21. The molecule has 3 aromatic rings. The maximum Gasteiger partial charge on any atom is 0.258 e. The molecule has 0 amide bonds. The van der Waals surface area contributed by atoms with Crippen molar-refractivity contribution >= 4 is 29.0 Å². The van der Waals surface area contributed by atoms with E-state index in [2.05, 4.69) is 27.0 Å². The fourth-order valence-corrected chi connectivity index (χ4v) is 4.47. The SMILES string of the molecule is C[C@@H](Oc1nc(-c2cccc(CN3CCCC3)c2)cnc1N)c1c(Cl)cccc1Cl. The van der Waals surface area contributed by atoms with E-state index in [9.17, 15) is 0 Å². The molecule has 0 saturated carbocycles. The minimum atomic E-state index is -0.431. The van der Waals surface area contributed by atoms with E-state index in [0.717, 1.165) is 25.2 Å². The Bertz CT molecular complexity index is 1020. The van der Waals surface area contributed by atoms with Crippen LogP contribution in [0.1, 0.15) is 37.0 Å². The summed E-state index contributed by atoms with van der Waals surface area (Å²) in [6.45, 7) is 5.12. The van der Waals surface area contributed by atoms with Crippen molar-refractivity contribution in [3.63, 3.8) is 0 Å². The zero-order valence-corrected chi connectivity index (χ0v) is 18.3. The van der Waals surface area contributed by atoms with E-state index < -0.39 is 6.10 Å². The average molecular weight is 443 g/mol. The van der Waals surface area contributed by atoms with Crippen LogP contribution in [0, 0.1) is 0 Å². The molecule has 1 fully saturated rings. The van der Waals surface area contributed by atoms with Crippen molar-refractivity contribution in [3.05, 3.63) is 69.8 Å². The minimum Gasteiger partial charge on any atom is -0.467 e. The van der Waals surface area contributed by atoms with Gasteiger partial charge in [0.25, 0.3) is 5.88 Å². The number of nitrogens with zero attached hydrogens (tertiary/aromatic N) is 3. The van der Waals surface area contributed by atoms with Crippen molar-refractivity contribution in [2.24, 2.45) is 0 Å². The summed E-state index contributed by atoms with van der Waals surface area (Å²) in [4.78, 5) is 11.4. The Morgan fingerprint density at radius 1 is 1.10 bits per heavy atom. The number of nitrogens with two attached hydrogens (primary N) is 1. The van der Waals surface area contributed by atoms with Crippen LogP contribution in [-0.4, -0.2) is 28.0 Å². The lowest BCUT2D eigenvalue weighted by molar-refractivity contribution is 0.218. The maximum absolute atomic E-state index is 6.31. The van der Waals surface area contributed by atoms with Gasteiger partial charge in [0, 0.05) is 27.7 Å². The van der Waals surface area contributed by atoms with E-state index in [0.29, 0.717) is 21.3 Å². The van der Waals surface area contributed by atoms with Crippen LogP contribution >= 0.6 is 23.2 Å². The van der Waals surface area contributed by atoms with Crippen molar-refractivity contribution in [1.29, 1.82) is 0 Å². The largest absolute Gasteiger partial charge is 0.467 e. The van der Waals surface area contributed by atoms with Gasteiger partial charge in [-0.15, -0.1) is 0 Å². The van der Waals surface area contributed by atoms with Crippen molar-refractivity contribution in [2.75, 3.05) is 18.8 Å². The third-order valence-corrected chi connectivity index (χ3v) is 5.95. The summed E-state index contributed by atoms with van der Waals surface area (Å²) in [5.41, 5.74) is 9.68. The molecule has 1 aromatic heterocycles. The first kappa shape index (κ1) is 20.9. The van der Waals surface area contributed by atoms with Gasteiger partial charge in [-0.2, -0.15) is 0 Å². The molecule has 30 heavy (non-hydrogen) atoms. The Kier molecular flexibility index (Phi) is 6.42. The van der Waals surface area contributed by atoms with Gasteiger partial charge in [0.2, 0.25) is 0 Å². The van der Waals surface area contributed by atoms with Crippen LogP contribution in [0.2, 0.25) is 10.0 Å². The normalized spacial score (nSPS) is 15.3. The van der Waals surface area contributed by atoms with Gasteiger partial charge in [-0.1, -0.05) is 47.5 Å². The lowest BCUT2D eigenvalue weighted by Gasteiger charge is -2.18. The molecule has 0 aliphatic carbocycles. The number of nitrogen functional groups attached to an aromatic ring is 1. The smallest absolute Gasteiger partial charge is 0.258 e. The Morgan fingerprint density at radius 3 is 2.53 bits per heavy atom. The minimum absolute atomic E-state index is 0.224. The quantitative estimate of drug-likeness (QED) is 0.524. The van der Waals surface area contributed by atoms with Gasteiger partial charge in [0.05, 0.1) is 11.9 Å². The second-order valence-corrected chi connectivity index (χ2v) is 8.34. The molecule has 1 saturated heterocycles. The van der Waals surface area contributed by atoms with Gasteiger partial charge in [-0.05, 0) is 56.6 Å². The molecule has 5 nitrogen and oxygen atoms in total. The first-order valence-electron chi connectivity index (χ1n) is 10.1. The number of benzene rings is 2. The molecule has 0 unspecified atom stereocenters. The highest BCUT2D eigenvalue weighted by molar-refractivity contribution is 6.36. The van der Waals surface area contributed by atoms with Crippen LogP contribution in [0.3, 0.4) is 0 Å². The molecule has 1 aliphatic rings. The molecular weight excluding hydrogens is 419 g/mol. The third kappa shape index (κ3) is 4.69. The molecule has 4 rings (SSSR count). The molecule has 0 spiro atoms. The van der Waals surface area contributed by atoms with Gasteiger partial charge in [-0.3, -0.25) is 4.90 Å². The summed E-state index contributed by atoms with van der Waals surface area (Å²) in [5.74, 6) is 0.489. The highest BCUT2D eigenvalue weighted by atomic mass is 35.5. The second-order valence-electron chi connectivity index (χ2n) is 7.52. The van der Waals surface area contributed by atoms with Crippen LogP contribution in [0.15, 0.2) is 48.7 Å². The van der Waals surface area contributed by atoms with Crippen molar-refractivity contribution in [2.45, 2.75) is 32.4 Å². The fraction of sp³-hybridized carbons (Fsp3) is 0.304. The summed E-state index contributed by atoms with van der Waals surface area (Å²) >= 11 is 12.6. The molecule has 156 valence electrons. The maximum atomic E-state index is 6.31. The first-order valence-corrected chi connectivity index (χ1v) is 10.8. The molecule has 1 atom stereocenters. The van der Waals surface area contributed by atoms with Crippen molar-refractivity contribution in [3.8, 4) is 17.1 Å². The Balaban J connectivity index is 1.57. The monoisotopic (exact) mass is 442 g/mol. The number of aromatic nitrogens is 2. The van der Waals surface area contributed by atoms with E-state index in [1.54, 1.807) is 24.4 Å². The Hall–Kier alpha value is -2.34. The highest BCUT2D eigenvalue weighted by Gasteiger charge is 2.18. The van der Waals surface area contributed by atoms with Crippen LogP contribution in [0.5, 0.6) is 5.88 Å². The summed E-state index contributed by atoms with van der Waals surface area (Å²) in [6, 6.07) is 13.7. The number of ether oxygens (including phenoxy) is 1. The van der Waals surface area contributed by atoms with Crippen LogP contribution in [0.25, 0.3) is 11.3 Å². The van der Waals surface area contributed by atoms with Gasteiger partial charge in [0.1, 0.15) is 6.10 Å². The summed E-state index contributed by atoms with van der Waals surface area (Å²) in [5, 5.41) is 1.07. The highest BCUT2D eigenvalue weighted by Crippen LogP contribution is 2.34. The number of halogens is 2. The van der Waals surface area contributed by atoms with Crippen LogP contribution in [0.4, 0.5) is 5.82 Å². The standard InChI is InChI=1S/C23H24Cl2N4O/c1-15(21-18(24)8-5-9-19(21)25)30-23-22(26)27-13-20(28-23)17-7-4-6-16(12-17)14-29-10-2-3-11-29/h4-9,12-13,15H,2-3,10-11,14H2,1H3,(H2,26,27)/t15-/m1/s1. The van der Waals surface area contributed by atoms with E-state index >= 15 is 0 Å². The lowest BCUT2D eigenvalue weighted by atomic mass is 10.1. The number of hydrogen-bond acceptors (Lipinski definition) is 5. The zero-order valence-electron chi connectivity index (χ0n) is 16.8. The lowest BCUT2D eigenvalue weighted by Crippen LogP contribution is -2.18. The Morgan fingerprint density at radius 2 is 1.80 bits per heavy atom. The molecule has 0 bridgehead atoms. The first-order chi connectivity index (χ1) is 14.5. The molecule has 7 heteroatoms.